The number of carbonyl (C=O) groups is 1. The molecule has 1 unspecified atom stereocenters. The molecule has 0 aliphatic rings. The van der Waals surface area contributed by atoms with Gasteiger partial charge in [0.25, 0.3) is 15.9 Å². The molecule has 0 aliphatic carbocycles. The second kappa shape index (κ2) is 6.43. The van der Waals surface area contributed by atoms with Gasteiger partial charge in [-0.1, -0.05) is 31.9 Å². The zero-order valence-electron chi connectivity index (χ0n) is 11.3. The highest BCUT2D eigenvalue weighted by Crippen LogP contribution is 2.22. The van der Waals surface area contributed by atoms with Crippen LogP contribution in [0.15, 0.2) is 23.1 Å². The van der Waals surface area contributed by atoms with E-state index in [1.54, 1.807) is 6.92 Å². The van der Waals surface area contributed by atoms with Crippen LogP contribution < -0.4 is 16.2 Å². The van der Waals surface area contributed by atoms with E-state index in [4.69, 9.17) is 23.1 Å². The SMILES string of the molecule is CCC(C)[C@H](N)C(=O)NS(=O)(=O)c1ccc(N)c(Cl)c1. The molecule has 5 N–H and O–H groups in total. The highest BCUT2D eigenvalue weighted by Gasteiger charge is 2.25. The number of rotatable bonds is 5. The molecule has 0 saturated heterocycles. The molecule has 1 aromatic carbocycles. The van der Waals surface area contributed by atoms with Gasteiger partial charge in [-0.15, -0.1) is 0 Å². The van der Waals surface area contributed by atoms with Crippen LogP contribution in [-0.4, -0.2) is 20.4 Å². The molecule has 0 radical (unpaired) electrons. The Hall–Kier alpha value is -1.31. The number of halogens is 1. The summed E-state index contributed by atoms with van der Waals surface area (Å²) in [6.07, 6.45) is 0.669. The smallest absolute Gasteiger partial charge is 0.264 e. The van der Waals surface area contributed by atoms with Gasteiger partial charge in [0.15, 0.2) is 0 Å². The number of nitrogens with one attached hydrogen (secondary N) is 1. The Morgan fingerprint density at radius 3 is 2.55 bits per heavy atom. The molecule has 8 heteroatoms. The zero-order chi connectivity index (χ0) is 15.5. The van der Waals surface area contributed by atoms with Gasteiger partial charge in [-0.25, -0.2) is 13.1 Å². The Kier molecular flexibility index (Phi) is 5.38. The molecule has 0 heterocycles. The maximum Gasteiger partial charge on any atom is 0.264 e. The third-order valence-electron chi connectivity index (χ3n) is 3.08. The largest absolute Gasteiger partial charge is 0.398 e. The normalized spacial score (nSPS) is 14.6. The van der Waals surface area contributed by atoms with Crippen molar-refractivity contribution in [3.63, 3.8) is 0 Å². The molecule has 112 valence electrons. The lowest BCUT2D eigenvalue weighted by atomic mass is 10.00. The molecular weight excluding hydrogens is 302 g/mol. The summed E-state index contributed by atoms with van der Waals surface area (Å²) < 4.78 is 26.0. The van der Waals surface area contributed by atoms with Gasteiger partial charge >= 0.3 is 0 Å². The van der Waals surface area contributed by atoms with Crippen LogP contribution in [0.3, 0.4) is 0 Å². The van der Waals surface area contributed by atoms with Crippen LogP contribution in [0.2, 0.25) is 5.02 Å². The number of hydrogen-bond acceptors (Lipinski definition) is 5. The number of sulfonamides is 1. The van der Waals surface area contributed by atoms with Gasteiger partial charge < -0.3 is 11.5 Å². The van der Waals surface area contributed by atoms with Gasteiger partial charge in [-0.3, -0.25) is 4.79 Å². The summed E-state index contributed by atoms with van der Waals surface area (Å²) in [5.41, 5.74) is 11.5. The molecular formula is C12H18ClN3O3S. The van der Waals surface area contributed by atoms with Crippen molar-refractivity contribution in [2.75, 3.05) is 5.73 Å². The minimum atomic E-state index is -4.01. The number of carbonyl (C=O) groups excluding carboxylic acids is 1. The Balaban J connectivity index is 2.95. The quantitative estimate of drug-likeness (QED) is 0.703. The van der Waals surface area contributed by atoms with Crippen molar-refractivity contribution >= 4 is 33.2 Å². The first-order valence-electron chi connectivity index (χ1n) is 6.06. The van der Waals surface area contributed by atoms with E-state index in [-0.39, 0.29) is 21.5 Å². The van der Waals surface area contributed by atoms with E-state index >= 15 is 0 Å². The molecule has 6 nitrogen and oxygen atoms in total. The molecule has 0 spiro atoms. The standard InChI is InChI=1S/C12H18ClN3O3S/c1-3-7(2)11(15)12(17)16-20(18,19)8-4-5-10(14)9(13)6-8/h4-7,11H,3,14-15H2,1-2H3,(H,16,17)/t7?,11-/m0/s1. The highest BCUT2D eigenvalue weighted by atomic mass is 35.5. The number of nitrogens with two attached hydrogens (primary N) is 2. The molecule has 1 rings (SSSR count). The summed E-state index contributed by atoms with van der Waals surface area (Å²) in [5, 5.41) is 0.103. The topological polar surface area (TPSA) is 115 Å². The summed E-state index contributed by atoms with van der Waals surface area (Å²) in [6, 6.07) is 2.92. The summed E-state index contributed by atoms with van der Waals surface area (Å²) in [6.45, 7) is 3.64. The lowest BCUT2D eigenvalue weighted by molar-refractivity contribution is -0.121. The average Bonchev–Trinajstić information content (AvgIpc) is 2.39. The van der Waals surface area contributed by atoms with Crippen LogP contribution >= 0.6 is 11.6 Å². The van der Waals surface area contributed by atoms with Crippen LogP contribution in [0.25, 0.3) is 0 Å². The molecule has 0 aromatic heterocycles. The van der Waals surface area contributed by atoms with E-state index < -0.39 is 22.0 Å². The molecule has 0 aliphatic heterocycles. The van der Waals surface area contributed by atoms with E-state index in [1.165, 1.54) is 18.2 Å². The molecule has 20 heavy (non-hydrogen) atoms. The first kappa shape index (κ1) is 16.7. The molecule has 1 aromatic rings. The number of nitrogen functional groups attached to an aromatic ring is 1. The van der Waals surface area contributed by atoms with Crippen LogP contribution in [0.5, 0.6) is 0 Å². The van der Waals surface area contributed by atoms with E-state index in [9.17, 15) is 13.2 Å². The second-order valence-corrected chi connectivity index (χ2v) is 6.65. The molecule has 0 fully saturated rings. The average molecular weight is 320 g/mol. The van der Waals surface area contributed by atoms with E-state index in [1.807, 2.05) is 11.6 Å². The van der Waals surface area contributed by atoms with Crippen LogP contribution in [0, 0.1) is 5.92 Å². The lowest BCUT2D eigenvalue weighted by Gasteiger charge is -2.17. The van der Waals surface area contributed by atoms with E-state index in [0.717, 1.165) is 0 Å². The minimum Gasteiger partial charge on any atom is -0.398 e. The fourth-order valence-electron chi connectivity index (χ4n) is 1.45. The summed E-state index contributed by atoms with van der Waals surface area (Å²) >= 11 is 5.77. The van der Waals surface area contributed by atoms with Gasteiger partial charge in [-0.2, -0.15) is 0 Å². The summed E-state index contributed by atoms with van der Waals surface area (Å²) in [5.74, 6) is -0.868. The highest BCUT2D eigenvalue weighted by molar-refractivity contribution is 7.90. The Morgan fingerprint density at radius 1 is 1.45 bits per heavy atom. The van der Waals surface area contributed by atoms with E-state index in [0.29, 0.717) is 6.42 Å². The second-order valence-electron chi connectivity index (χ2n) is 4.56. The molecule has 1 amide bonds. The van der Waals surface area contributed by atoms with Crippen LogP contribution in [0.1, 0.15) is 20.3 Å². The Morgan fingerprint density at radius 2 is 2.05 bits per heavy atom. The fourth-order valence-corrected chi connectivity index (χ4v) is 2.73. The van der Waals surface area contributed by atoms with Gasteiger partial charge in [0.2, 0.25) is 0 Å². The van der Waals surface area contributed by atoms with Crippen molar-refractivity contribution in [2.24, 2.45) is 11.7 Å². The van der Waals surface area contributed by atoms with Crippen molar-refractivity contribution in [3.05, 3.63) is 23.2 Å². The number of amides is 1. The maximum absolute atomic E-state index is 12.0. The van der Waals surface area contributed by atoms with Gasteiger partial charge in [0, 0.05) is 0 Å². The number of benzene rings is 1. The molecule has 2 atom stereocenters. The number of hydrogen-bond donors (Lipinski definition) is 3. The monoisotopic (exact) mass is 319 g/mol. The van der Waals surface area contributed by atoms with Crippen LogP contribution in [-0.2, 0) is 14.8 Å². The van der Waals surface area contributed by atoms with Crippen LogP contribution in [0.4, 0.5) is 5.69 Å². The first-order chi connectivity index (χ1) is 9.19. The first-order valence-corrected chi connectivity index (χ1v) is 7.92. The predicted octanol–water partition coefficient (Wildman–Crippen LogP) is 1.10. The number of anilines is 1. The van der Waals surface area contributed by atoms with Crippen molar-refractivity contribution in [1.82, 2.24) is 4.72 Å². The third-order valence-corrected chi connectivity index (χ3v) is 4.75. The molecule has 0 bridgehead atoms. The van der Waals surface area contributed by atoms with Gasteiger partial charge in [0.05, 0.1) is 21.6 Å². The lowest BCUT2D eigenvalue weighted by Crippen LogP contribution is -2.46. The minimum absolute atomic E-state index is 0.103. The van der Waals surface area contributed by atoms with Crippen molar-refractivity contribution in [1.29, 1.82) is 0 Å². The third kappa shape index (κ3) is 3.84. The maximum atomic E-state index is 12.0. The predicted molar refractivity (Wildman–Crippen MR) is 78.6 cm³/mol. The Labute approximate surface area is 123 Å². The van der Waals surface area contributed by atoms with Gasteiger partial charge in [-0.05, 0) is 24.1 Å². The Bertz CT molecular complexity index is 604. The zero-order valence-corrected chi connectivity index (χ0v) is 12.8. The summed E-state index contributed by atoms with van der Waals surface area (Å²) in [4.78, 5) is 11.7. The molecule has 0 saturated carbocycles. The summed E-state index contributed by atoms with van der Waals surface area (Å²) in [7, 11) is -4.01. The fraction of sp³-hybridized carbons (Fsp3) is 0.417. The van der Waals surface area contributed by atoms with Crippen molar-refractivity contribution in [2.45, 2.75) is 31.2 Å². The van der Waals surface area contributed by atoms with Crippen molar-refractivity contribution < 1.29 is 13.2 Å². The van der Waals surface area contributed by atoms with Crippen molar-refractivity contribution in [3.8, 4) is 0 Å². The van der Waals surface area contributed by atoms with Gasteiger partial charge in [0.1, 0.15) is 0 Å². The van der Waals surface area contributed by atoms with E-state index in [2.05, 4.69) is 0 Å².